The highest BCUT2D eigenvalue weighted by Gasteiger charge is 2.43. The molecule has 1 fully saturated rings. The maximum atomic E-state index is 13.7. The lowest BCUT2D eigenvalue weighted by Crippen LogP contribution is -2.38. The van der Waals surface area contributed by atoms with Gasteiger partial charge in [-0.15, -0.1) is 0 Å². The Bertz CT molecular complexity index is 1170. The number of aromatic nitrogens is 2. The van der Waals surface area contributed by atoms with Gasteiger partial charge in [-0.25, -0.2) is 9.07 Å². The summed E-state index contributed by atoms with van der Waals surface area (Å²) < 4.78 is 27.2. The van der Waals surface area contributed by atoms with Gasteiger partial charge in [-0.1, -0.05) is 36.6 Å². The minimum Gasteiger partial charge on any atom is -0.310 e. The number of anilines is 1. The largest absolute Gasteiger partial charge is 0.310 e. The molecule has 2 aromatic carbocycles. The second-order valence-corrected chi connectivity index (χ2v) is 10.0. The summed E-state index contributed by atoms with van der Waals surface area (Å²) >= 11 is 6.07. The van der Waals surface area contributed by atoms with Crippen LogP contribution in [-0.2, 0) is 32.5 Å². The molecule has 5 nitrogen and oxygen atoms in total. The van der Waals surface area contributed by atoms with Crippen LogP contribution in [0.3, 0.4) is 0 Å². The number of benzene rings is 2. The van der Waals surface area contributed by atoms with Gasteiger partial charge in [0, 0.05) is 21.4 Å². The van der Waals surface area contributed by atoms with Gasteiger partial charge >= 0.3 is 0 Å². The van der Waals surface area contributed by atoms with Gasteiger partial charge in [-0.05, 0) is 54.8 Å². The zero-order valence-electron chi connectivity index (χ0n) is 16.7. The fourth-order valence-corrected chi connectivity index (χ4v) is 6.04. The number of nitrogens with one attached hydrogen (secondary N) is 1. The van der Waals surface area contributed by atoms with Crippen LogP contribution in [0.2, 0.25) is 5.02 Å². The average Bonchev–Trinajstić information content (AvgIpc) is 3.46. The minimum absolute atomic E-state index is 0.101. The number of hydrogen-bond donors (Lipinski definition) is 1. The molecule has 1 unspecified atom stereocenters. The van der Waals surface area contributed by atoms with Gasteiger partial charge in [0.2, 0.25) is 5.91 Å². The van der Waals surface area contributed by atoms with Gasteiger partial charge in [0.25, 0.3) is 0 Å². The molecule has 5 rings (SSSR count). The van der Waals surface area contributed by atoms with E-state index in [-0.39, 0.29) is 11.7 Å². The summed E-state index contributed by atoms with van der Waals surface area (Å²) in [5, 5.41) is 8.35. The molecule has 1 amide bonds. The van der Waals surface area contributed by atoms with Gasteiger partial charge < -0.3 is 5.32 Å². The summed E-state index contributed by atoms with van der Waals surface area (Å²) in [6.07, 6.45) is 3.43. The van der Waals surface area contributed by atoms with Crippen LogP contribution >= 0.6 is 11.6 Å². The van der Waals surface area contributed by atoms with Crippen molar-refractivity contribution in [1.82, 2.24) is 9.78 Å². The monoisotopic (exact) mass is 457 g/mol. The Labute approximate surface area is 187 Å². The highest BCUT2D eigenvalue weighted by molar-refractivity contribution is 7.83. The molecule has 2 heterocycles. The molecule has 1 N–H and O–H groups in total. The molecule has 3 aromatic rings. The lowest BCUT2D eigenvalue weighted by atomic mass is 9.78. The first-order valence-corrected chi connectivity index (χ1v) is 12.1. The Hall–Kier alpha value is -2.51. The summed E-state index contributed by atoms with van der Waals surface area (Å²) in [6.45, 7) is 0. The Morgan fingerprint density at radius 1 is 1.06 bits per heavy atom. The van der Waals surface area contributed by atoms with E-state index in [1.165, 1.54) is 12.1 Å². The van der Waals surface area contributed by atoms with Gasteiger partial charge in [0.15, 0.2) is 0 Å². The van der Waals surface area contributed by atoms with Crippen LogP contribution in [0.4, 0.5) is 10.2 Å². The van der Waals surface area contributed by atoms with Crippen molar-refractivity contribution in [3.05, 3.63) is 76.2 Å². The van der Waals surface area contributed by atoms with Crippen LogP contribution in [0.15, 0.2) is 48.5 Å². The molecule has 1 aromatic heterocycles. The molecule has 1 saturated carbocycles. The van der Waals surface area contributed by atoms with E-state index < -0.39 is 16.2 Å². The third-order valence-corrected chi connectivity index (χ3v) is 7.72. The molecule has 8 heteroatoms. The van der Waals surface area contributed by atoms with Crippen molar-refractivity contribution in [3.8, 4) is 5.69 Å². The van der Waals surface area contributed by atoms with E-state index in [1.807, 2.05) is 24.3 Å². The number of nitrogens with zero attached hydrogens (tertiary/aromatic N) is 2. The average molecular weight is 458 g/mol. The van der Waals surface area contributed by atoms with E-state index in [4.69, 9.17) is 11.6 Å². The third kappa shape index (κ3) is 3.59. The maximum Gasteiger partial charge on any atom is 0.236 e. The summed E-state index contributed by atoms with van der Waals surface area (Å²) in [6, 6.07) is 13.4. The second-order valence-electron chi connectivity index (χ2n) is 8.14. The number of carbonyl (C=O) groups is 1. The second kappa shape index (κ2) is 7.88. The van der Waals surface area contributed by atoms with Crippen LogP contribution in [0.5, 0.6) is 0 Å². The number of hydrogen-bond acceptors (Lipinski definition) is 3. The van der Waals surface area contributed by atoms with Crippen LogP contribution in [0, 0.1) is 5.82 Å². The summed E-state index contributed by atoms with van der Waals surface area (Å²) in [4.78, 5) is 13.7. The molecule has 0 spiro atoms. The molecule has 0 radical (unpaired) electrons. The van der Waals surface area contributed by atoms with Crippen molar-refractivity contribution in [2.45, 2.75) is 42.6 Å². The molecule has 1 aliphatic carbocycles. The van der Waals surface area contributed by atoms with Crippen molar-refractivity contribution >= 4 is 34.1 Å². The van der Waals surface area contributed by atoms with Crippen LogP contribution in [-0.4, -0.2) is 19.9 Å². The predicted molar refractivity (Wildman–Crippen MR) is 119 cm³/mol. The molecule has 1 aliphatic heterocycles. The Kier molecular flexibility index (Phi) is 5.18. The SMILES string of the molecule is O=C(Nc1c2c(nn1-c1ccc(F)cc1)CS(=O)C2)C1(c2ccc(Cl)cc2)CCCC1. The first kappa shape index (κ1) is 20.4. The van der Waals surface area contributed by atoms with Crippen LogP contribution in [0.25, 0.3) is 5.69 Å². The van der Waals surface area contributed by atoms with Gasteiger partial charge in [-0.2, -0.15) is 5.10 Å². The fourth-order valence-electron chi connectivity index (χ4n) is 4.65. The van der Waals surface area contributed by atoms with Crippen molar-refractivity contribution in [2.24, 2.45) is 0 Å². The van der Waals surface area contributed by atoms with Crippen molar-refractivity contribution < 1.29 is 13.4 Å². The zero-order valence-corrected chi connectivity index (χ0v) is 18.3. The van der Waals surface area contributed by atoms with E-state index >= 15 is 0 Å². The molecule has 0 saturated heterocycles. The molecule has 2 aliphatic rings. The van der Waals surface area contributed by atoms with Crippen LogP contribution < -0.4 is 5.32 Å². The van der Waals surface area contributed by atoms with Gasteiger partial charge in [-0.3, -0.25) is 9.00 Å². The quantitative estimate of drug-likeness (QED) is 0.607. The molecule has 1 atom stereocenters. The Morgan fingerprint density at radius 3 is 2.42 bits per heavy atom. The Morgan fingerprint density at radius 2 is 1.74 bits per heavy atom. The maximum absolute atomic E-state index is 13.7. The normalized spacial score (nSPS) is 19.4. The smallest absolute Gasteiger partial charge is 0.236 e. The summed E-state index contributed by atoms with van der Waals surface area (Å²) in [5.41, 5.74) is 2.45. The number of carbonyl (C=O) groups excluding carboxylic acids is 1. The number of rotatable bonds is 4. The number of amides is 1. The molecule has 0 bridgehead atoms. The topological polar surface area (TPSA) is 64.0 Å². The number of fused-ring (bicyclic) bond motifs is 1. The first-order chi connectivity index (χ1) is 15.0. The standard InChI is InChI=1S/C23H21ClFN3O2S/c24-16-5-3-15(4-6-16)23(11-1-2-12-23)22(29)26-21-19-13-31(30)14-20(19)27-28(21)18-9-7-17(25)8-10-18/h3-10H,1-2,11-14H2,(H,26,29). The Balaban J connectivity index is 1.55. The lowest BCUT2D eigenvalue weighted by molar-refractivity contribution is -0.121. The number of halogens is 2. The molecular weight excluding hydrogens is 437 g/mol. The predicted octanol–water partition coefficient (Wildman–Crippen LogP) is 4.88. The van der Waals surface area contributed by atoms with Gasteiger partial charge in [0.1, 0.15) is 11.6 Å². The van der Waals surface area contributed by atoms with E-state index in [0.29, 0.717) is 33.7 Å². The highest BCUT2D eigenvalue weighted by Crippen LogP contribution is 2.43. The van der Waals surface area contributed by atoms with Crippen molar-refractivity contribution in [1.29, 1.82) is 0 Å². The fraction of sp³-hybridized carbons (Fsp3) is 0.304. The van der Waals surface area contributed by atoms with Gasteiger partial charge in [0.05, 0.1) is 28.3 Å². The van der Waals surface area contributed by atoms with E-state index in [2.05, 4.69) is 10.4 Å². The van der Waals surface area contributed by atoms with E-state index in [0.717, 1.165) is 36.8 Å². The third-order valence-electron chi connectivity index (χ3n) is 6.26. The minimum atomic E-state index is -1.03. The van der Waals surface area contributed by atoms with E-state index in [9.17, 15) is 13.4 Å². The summed E-state index contributed by atoms with van der Waals surface area (Å²) in [5.74, 6) is 0.783. The van der Waals surface area contributed by atoms with Crippen molar-refractivity contribution in [2.75, 3.05) is 5.32 Å². The first-order valence-electron chi connectivity index (χ1n) is 10.3. The van der Waals surface area contributed by atoms with E-state index in [1.54, 1.807) is 16.8 Å². The molecule has 160 valence electrons. The lowest BCUT2D eigenvalue weighted by Gasteiger charge is -2.28. The molecule has 31 heavy (non-hydrogen) atoms. The molecular formula is C23H21ClFN3O2S. The van der Waals surface area contributed by atoms with Crippen LogP contribution in [0.1, 0.15) is 42.5 Å². The zero-order chi connectivity index (χ0) is 21.6. The summed E-state index contributed by atoms with van der Waals surface area (Å²) in [7, 11) is -1.03. The highest BCUT2D eigenvalue weighted by atomic mass is 35.5. The van der Waals surface area contributed by atoms with Crippen molar-refractivity contribution in [3.63, 3.8) is 0 Å².